The maximum Gasteiger partial charge on any atom is 0.256 e. The van der Waals surface area contributed by atoms with Crippen molar-refractivity contribution in [2.75, 3.05) is 18.0 Å². The van der Waals surface area contributed by atoms with Gasteiger partial charge in [0, 0.05) is 13.0 Å². The zero-order chi connectivity index (χ0) is 11.7. The Morgan fingerprint density at radius 3 is 2.94 bits per heavy atom. The summed E-state index contributed by atoms with van der Waals surface area (Å²) in [5.74, 6) is -0.405. The molecular formula is C9H12N4O3. The average Bonchev–Trinajstić information content (AvgIpc) is 2.58. The molecule has 0 bridgehead atoms. The van der Waals surface area contributed by atoms with E-state index in [1.165, 1.54) is 4.90 Å². The predicted molar refractivity (Wildman–Crippen MR) is 56.0 cm³/mol. The number of H-pyrrole nitrogens is 1. The summed E-state index contributed by atoms with van der Waals surface area (Å²) in [5, 5.41) is 9.17. The molecule has 2 heterocycles. The van der Waals surface area contributed by atoms with Crippen LogP contribution in [0, 0.1) is 5.92 Å². The third kappa shape index (κ3) is 1.89. The minimum atomic E-state index is -0.494. The van der Waals surface area contributed by atoms with Gasteiger partial charge in [0.2, 0.25) is 17.7 Å². The van der Waals surface area contributed by atoms with Crippen molar-refractivity contribution in [2.45, 2.75) is 6.42 Å². The Balaban J connectivity index is 2.31. The van der Waals surface area contributed by atoms with Gasteiger partial charge in [0.25, 0.3) is 5.56 Å². The fraction of sp³-hybridized carbons (Fsp3) is 0.444. The first-order valence-electron chi connectivity index (χ1n) is 4.91. The summed E-state index contributed by atoms with van der Waals surface area (Å²) in [6.07, 6.45) is 0.343. The topological polar surface area (TPSA) is 112 Å². The summed E-state index contributed by atoms with van der Waals surface area (Å²) < 4.78 is 0. The number of hydrogen-bond acceptors (Lipinski definition) is 5. The SMILES string of the molecule is NCC1CC(=O)N(c2nc(O)cc(=O)[nH]2)C1. The summed E-state index contributed by atoms with van der Waals surface area (Å²) >= 11 is 0. The number of aromatic amines is 1. The summed E-state index contributed by atoms with van der Waals surface area (Å²) in [4.78, 5) is 30.1. The van der Waals surface area contributed by atoms with Crippen LogP contribution in [-0.2, 0) is 4.79 Å². The average molecular weight is 224 g/mol. The number of hydrogen-bond donors (Lipinski definition) is 3. The molecule has 1 atom stereocenters. The number of carbonyl (C=O) groups is 1. The molecule has 7 nitrogen and oxygen atoms in total. The molecule has 4 N–H and O–H groups in total. The molecule has 1 aromatic heterocycles. The van der Waals surface area contributed by atoms with Gasteiger partial charge in [-0.05, 0) is 12.5 Å². The van der Waals surface area contributed by atoms with E-state index in [0.717, 1.165) is 6.07 Å². The molecule has 1 amide bonds. The molecule has 1 saturated heterocycles. The monoisotopic (exact) mass is 224 g/mol. The molecule has 1 aliphatic rings. The van der Waals surface area contributed by atoms with Gasteiger partial charge < -0.3 is 10.8 Å². The van der Waals surface area contributed by atoms with E-state index in [4.69, 9.17) is 10.8 Å². The van der Waals surface area contributed by atoms with Crippen LogP contribution >= 0.6 is 0 Å². The summed E-state index contributed by atoms with van der Waals surface area (Å²) in [5.41, 5.74) is 4.98. The molecule has 2 rings (SSSR count). The number of rotatable bonds is 2. The second-order valence-corrected chi connectivity index (χ2v) is 3.74. The van der Waals surface area contributed by atoms with Gasteiger partial charge in [0.15, 0.2) is 0 Å². The zero-order valence-corrected chi connectivity index (χ0v) is 8.51. The lowest BCUT2D eigenvalue weighted by atomic mass is 10.1. The lowest BCUT2D eigenvalue weighted by Crippen LogP contribution is -2.29. The number of anilines is 1. The molecule has 1 aliphatic heterocycles. The van der Waals surface area contributed by atoms with Crippen molar-refractivity contribution in [3.05, 3.63) is 16.4 Å². The molecule has 0 saturated carbocycles. The van der Waals surface area contributed by atoms with Gasteiger partial charge in [0.05, 0.1) is 6.07 Å². The van der Waals surface area contributed by atoms with Crippen LogP contribution in [0.25, 0.3) is 0 Å². The highest BCUT2D eigenvalue weighted by molar-refractivity contribution is 5.94. The second kappa shape index (κ2) is 3.93. The summed E-state index contributed by atoms with van der Waals surface area (Å²) in [6, 6.07) is 0.949. The number of nitrogens with zero attached hydrogens (tertiary/aromatic N) is 2. The smallest absolute Gasteiger partial charge is 0.256 e. The predicted octanol–water partition coefficient (Wildman–Crippen LogP) is -1.21. The van der Waals surface area contributed by atoms with Crippen LogP contribution in [-0.4, -0.2) is 34.1 Å². The van der Waals surface area contributed by atoms with Crippen molar-refractivity contribution in [2.24, 2.45) is 11.7 Å². The van der Waals surface area contributed by atoms with Crippen LogP contribution in [0.1, 0.15) is 6.42 Å². The molecule has 7 heteroatoms. The van der Waals surface area contributed by atoms with Crippen LogP contribution in [0.4, 0.5) is 5.95 Å². The van der Waals surface area contributed by atoms with Crippen molar-refractivity contribution in [1.29, 1.82) is 0 Å². The normalized spacial score (nSPS) is 20.4. The Morgan fingerprint density at radius 2 is 2.38 bits per heavy atom. The number of carbonyl (C=O) groups excluding carboxylic acids is 1. The quantitative estimate of drug-likeness (QED) is 0.583. The van der Waals surface area contributed by atoms with E-state index in [9.17, 15) is 9.59 Å². The van der Waals surface area contributed by atoms with E-state index >= 15 is 0 Å². The van der Waals surface area contributed by atoms with Crippen molar-refractivity contribution in [3.63, 3.8) is 0 Å². The Kier molecular flexibility index (Phi) is 2.61. The molecule has 0 radical (unpaired) electrons. The molecule has 0 aromatic carbocycles. The van der Waals surface area contributed by atoms with E-state index in [1.807, 2.05) is 0 Å². The van der Waals surface area contributed by atoms with Gasteiger partial charge in [-0.25, -0.2) is 0 Å². The van der Waals surface area contributed by atoms with Gasteiger partial charge in [-0.2, -0.15) is 4.98 Å². The van der Waals surface area contributed by atoms with Gasteiger partial charge in [-0.15, -0.1) is 0 Å². The molecule has 86 valence electrons. The largest absolute Gasteiger partial charge is 0.493 e. The van der Waals surface area contributed by atoms with Crippen molar-refractivity contribution in [1.82, 2.24) is 9.97 Å². The lowest BCUT2D eigenvalue weighted by molar-refractivity contribution is -0.117. The minimum absolute atomic E-state index is 0.0696. The molecule has 0 spiro atoms. The first-order chi connectivity index (χ1) is 7.60. The third-order valence-electron chi connectivity index (χ3n) is 2.51. The summed E-state index contributed by atoms with van der Waals surface area (Å²) in [6.45, 7) is 0.826. The Labute approximate surface area is 90.9 Å². The maximum absolute atomic E-state index is 11.6. The van der Waals surface area contributed by atoms with Gasteiger partial charge >= 0.3 is 0 Å². The second-order valence-electron chi connectivity index (χ2n) is 3.74. The maximum atomic E-state index is 11.6. The molecular weight excluding hydrogens is 212 g/mol. The van der Waals surface area contributed by atoms with Gasteiger partial charge in [0.1, 0.15) is 0 Å². The molecule has 0 aliphatic carbocycles. The van der Waals surface area contributed by atoms with E-state index in [0.29, 0.717) is 19.5 Å². The fourth-order valence-corrected chi connectivity index (χ4v) is 1.70. The number of nitrogens with one attached hydrogen (secondary N) is 1. The van der Waals surface area contributed by atoms with Crippen LogP contribution in [0.3, 0.4) is 0 Å². The highest BCUT2D eigenvalue weighted by Gasteiger charge is 2.31. The molecule has 1 aromatic rings. The lowest BCUT2D eigenvalue weighted by Gasteiger charge is -2.14. The fourth-order valence-electron chi connectivity index (χ4n) is 1.70. The van der Waals surface area contributed by atoms with Crippen molar-refractivity contribution < 1.29 is 9.90 Å². The first kappa shape index (κ1) is 10.6. The number of amides is 1. The van der Waals surface area contributed by atoms with Crippen molar-refractivity contribution in [3.8, 4) is 5.88 Å². The molecule has 16 heavy (non-hydrogen) atoms. The van der Waals surface area contributed by atoms with Gasteiger partial charge in [-0.3, -0.25) is 19.5 Å². The highest BCUT2D eigenvalue weighted by atomic mass is 16.3. The minimum Gasteiger partial charge on any atom is -0.493 e. The van der Waals surface area contributed by atoms with Crippen molar-refractivity contribution >= 4 is 11.9 Å². The Hall–Kier alpha value is -1.89. The number of aromatic nitrogens is 2. The van der Waals surface area contributed by atoms with Crippen LogP contribution in [0.15, 0.2) is 10.9 Å². The van der Waals surface area contributed by atoms with E-state index in [2.05, 4.69) is 9.97 Å². The Morgan fingerprint density at radius 1 is 1.62 bits per heavy atom. The van der Waals surface area contributed by atoms with Crippen LogP contribution in [0.2, 0.25) is 0 Å². The summed E-state index contributed by atoms with van der Waals surface area (Å²) in [7, 11) is 0. The third-order valence-corrected chi connectivity index (χ3v) is 2.51. The van der Waals surface area contributed by atoms with E-state index in [-0.39, 0.29) is 17.8 Å². The van der Waals surface area contributed by atoms with E-state index in [1.54, 1.807) is 0 Å². The molecule has 1 unspecified atom stereocenters. The first-order valence-corrected chi connectivity index (χ1v) is 4.91. The van der Waals surface area contributed by atoms with Gasteiger partial charge in [-0.1, -0.05) is 0 Å². The number of aromatic hydroxyl groups is 1. The highest BCUT2D eigenvalue weighted by Crippen LogP contribution is 2.21. The zero-order valence-electron chi connectivity index (χ0n) is 8.51. The standard InChI is InChI=1S/C9H12N4O3/c10-3-5-1-8(16)13(4-5)9-11-6(14)2-7(15)12-9/h2,5H,1,3-4,10H2,(H2,11,12,14,15). The van der Waals surface area contributed by atoms with Crippen LogP contribution in [0.5, 0.6) is 5.88 Å². The number of nitrogens with two attached hydrogens (primary N) is 1. The Bertz CT molecular complexity index is 470. The molecule has 1 fully saturated rings. The van der Waals surface area contributed by atoms with E-state index < -0.39 is 11.4 Å². The van der Waals surface area contributed by atoms with Crippen LogP contribution < -0.4 is 16.2 Å².